The summed E-state index contributed by atoms with van der Waals surface area (Å²) in [5.74, 6) is -0.208. The van der Waals surface area contributed by atoms with Crippen LogP contribution in [0.3, 0.4) is 0 Å². The van der Waals surface area contributed by atoms with E-state index in [-0.39, 0.29) is 17.9 Å². The minimum atomic E-state index is -0.685. The van der Waals surface area contributed by atoms with E-state index in [0.29, 0.717) is 19.6 Å². The molecule has 2 fully saturated rings. The number of carbonyl (C=O) groups is 2. The number of likely N-dealkylation sites (tertiary alicyclic amines) is 1. The van der Waals surface area contributed by atoms with Crippen molar-refractivity contribution in [3.8, 4) is 0 Å². The monoisotopic (exact) mass is 406 g/mol. The first kappa shape index (κ1) is 19.1. The Morgan fingerprint density at radius 1 is 1.40 bits per heavy atom. The van der Waals surface area contributed by atoms with Gasteiger partial charge in [-0.05, 0) is 12.5 Å². The van der Waals surface area contributed by atoms with Gasteiger partial charge in [0, 0.05) is 33.0 Å². The molecule has 2 saturated heterocycles. The number of hydrogen-bond donors (Lipinski definition) is 0. The molecule has 2 amide bonds. The molecule has 2 unspecified atom stereocenters. The van der Waals surface area contributed by atoms with Gasteiger partial charge in [-0.25, -0.2) is 4.98 Å². The van der Waals surface area contributed by atoms with Gasteiger partial charge in [-0.15, -0.1) is 0 Å². The van der Waals surface area contributed by atoms with Gasteiger partial charge < -0.3 is 19.1 Å². The van der Waals surface area contributed by atoms with Crippen LogP contribution in [0.15, 0.2) is 48.8 Å². The van der Waals surface area contributed by atoms with E-state index in [9.17, 15) is 9.59 Å². The maximum atomic E-state index is 13.4. The van der Waals surface area contributed by atoms with E-state index < -0.39 is 17.4 Å². The topological polar surface area (TPSA) is 67.7 Å². The Morgan fingerprint density at radius 3 is 2.97 bits per heavy atom. The molecule has 7 heteroatoms. The highest BCUT2D eigenvalue weighted by Crippen LogP contribution is 2.52. The van der Waals surface area contributed by atoms with E-state index in [1.807, 2.05) is 60.0 Å². The van der Waals surface area contributed by atoms with Crippen molar-refractivity contribution in [2.75, 3.05) is 13.6 Å². The van der Waals surface area contributed by atoms with Crippen LogP contribution in [0.25, 0.3) is 0 Å². The van der Waals surface area contributed by atoms with Crippen molar-refractivity contribution in [1.82, 2.24) is 19.4 Å². The summed E-state index contributed by atoms with van der Waals surface area (Å²) in [4.78, 5) is 34.6. The molecule has 4 atom stereocenters. The van der Waals surface area contributed by atoms with Gasteiger partial charge in [0.1, 0.15) is 11.4 Å². The summed E-state index contributed by atoms with van der Waals surface area (Å²) in [5.41, 5.74) is 1.57. The van der Waals surface area contributed by atoms with Crippen LogP contribution < -0.4 is 0 Å². The lowest BCUT2D eigenvalue weighted by molar-refractivity contribution is -0.143. The normalized spacial score (nSPS) is 29.0. The molecule has 0 N–H and O–H groups in total. The molecule has 5 rings (SSSR count). The Bertz CT molecular complexity index is 1040. The third-order valence-corrected chi connectivity index (χ3v) is 6.60. The maximum absolute atomic E-state index is 13.4. The van der Waals surface area contributed by atoms with Crippen molar-refractivity contribution in [1.29, 1.82) is 0 Å². The predicted molar refractivity (Wildman–Crippen MR) is 110 cm³/mol. The highest BCUT2D eigenvalue weighted by Gasteiger charge is 2.67. The highest BCUT2D eigenvalue weighted by atomic mass is 16.5. The average molecular weight is 406 g/mol. The lowest BCUT2D eigenvalue weighted by Gasteiger charge is -2.27. The van der Waals surface area contributed by atoms with Crippen LogP contribution in [0.1, 0.15) is 17.0 Å². The van der Waals surface area contributed by atoms with Gasteiger partial charge in [0.25, 0.3) is 0 Å². The van der Waals surface area contributed by atoms with Gasteiger partial charge in [-0.3, -0.25) is 9.59 Å². The quantitative estimate of drug-likeness (QED) is 0.709. The molecule has 1 aromatic heterocycles. The van der Waals surface area contributed by atoms with Gasteiger partial charge in [0.15, 0.2) is 0 Å². The zero-order valence-corrected chi connectivity index (χ0v) is 17.5. The Kier molecular flexibility index (Phi) is 4.32. The third kappa shape index (κ3) is 2.88. The number of nitrogens with zero attached hydrogens (tertiary/aromatic N) is 4. The Balaban J connectivity index is 1.37. The second kappa shape index (κ2) is 6.80. The Morgan fingerprint density at radius 2 is 2.23 bits per heavy atom. The second-order valence-corrected chi connectivity index (χ2v) is 8.73. The van der Waals surface area contributed by atoms with Crippen LogP contribution >= 0.6 is 0 Å². The molecule has 1 spiro atoms. The van der Waals surface area contributed by atoms with Gasteiger partial charge >= 0.3 is 0 Å². The molecule has 3 aliphatic rings. The summed E-state index contributed by atoms with van der Waals surface area (Å²) >= 11 is 0. The fourth-order valence-corrected chi connectivity index (χ4v) is 5.12. The van der Waals surface area contributed by atoms with Crippen molar-refractivity contribution in [2.24, 2.45) is 18.9 Å². The minimum Gasteiger partial charge on any atom is -0.360 e. The van der Waals surface area contributed by atoms with Crippen LogP contribution in [0.2, 0.25) is 0 Å². The smallest absolute Gasteiger partial charge is 0.230 e. The zero-order chi connectivity index (χ0) is 21.0. The first-order chi connectivity index (χ1) is 14.4. The molecule has 2 bridgehead atoms. The van der Waals surface area contributed by atoms with Gasteiger partial charge in [-0.1, -0.05) is 42.0 Å². The molecule has 156 valence electrons. The zero-order valence-electron chi connectivity index (χ0n) is 17.5. The average Bonchev–Trinajstić information content (AvgIpc) is 3.44. The van der Waals surface area contributed by atoms with Crippen molar-refractivity contribution >= 4 is 11.8 Å². The SMILES string of the molecule is Cc1cccc(CN2C[C@@]34C=C[C@@H](O3)C(C(=O)N(C)Cc3nccn3C)C4C2=O)c1. The number of aromatic nitrogens is 2. The molecular formula is C23H26N4O3. The lowest BCUT2D eigenvalue weighted by atomic mass is 9.76. The summed E-state index contributed by atoms with van der Waals surface area (Å²) in [6, 6.07) is 8.17. The summed E-state index contributed by atoms with van der Waals surface area (Å²) in [6.45, 7) is 3.47. The number of fused-ring (bicyclic) bond motifs is 1. The second-order valence-electron chi connectivity index (χ2n) is 8.73. The van der Waals surface area contributed by atoms with Crippen molar-refractivity contribution in [3.05, 3.63) is 65.8 Å². The van der Waals surface area contributed by atoms with Crippen LogP contribution in [0.4, 0.5) is 0 Å². The van der Waals surface area contributed by atoms with Gasteiger partial charge in [0.05, 0.1) is 31.0 Å². The third-order valence-electron chi connectivity index (χ3n) is 6.60. The van der Waals surface area contributed by atoms with E-state index in [0.717, 1.165) is 11.4 Å². The molecule has 4 heterocycles. The summed E-state index contributed by atoms with van der Waals surface area (Å²) < 4.78 is 8.14. The molecule has 7 nitrogen and oxygen atoms in total. The fourth-order valence-electron chi connectivity index (χ4n) is 5.12. The first-order valence-electron chi connectivity index (χ1n) is 10.3. The summed E-state index contributed by atoms with van der Waals surface area (Å²) in [6.07, 6.45) is 7.19. The Hall–Kier alpha value is -2.93. The maximum Gasteiger partial charge on any atom is 0.230 e. The van der Waals surface area contributed by atoms with Crippen LogP contribution in [-0.4, -0.2) is 56.5 Å². The molecular weight excluding hydrogens is 380 g/mol. The molecule has 2 aromatic rings. The number of carbonyl (C=O) groups excluding carboxylic acids is 2. The van der Waals surface area contributed by atoms with E-state index in [2.05, 4.69) is 11.1 Å². The van der Waals surface area contributed by atoms with Crippen LogP contribution in [0.5, 0.6) is 0 Å². The number of hydrogen-bond acceptors (Lipinski definition) is 4. The number of ether oxygens (including phenoxy) is 1. The molecule has 0 radical (unpaired) electrons. The Labute approximate surface area is 175 Å². The summed E-state index contributed by atoms with van der Waals surface area (Å²) in [7, 11) is 3.67. The van der Waals surface area contributed by atoms with E-state index in [4.69, 9.17) is 4.74 Å². The lowest BCUT2D eigenvalue weighted by Crippen LogP contribution is -2.44. The predicted octanol–water partition coefficient (Wildman–Crippen LogP) is 1.67. The molecule has 30 heavy (non-hydrogen) atoms. The van der Waals surface area contributed by atoms with Gasteiger partial charge in [-0.2, -0.15) is 0 Å². The number of imidazole rings is 1. The number of amides is 2. The molecule has 0 aliphatic carbocycles. The van der Waals surface area contributed by atoms with Crippen molar-refractivity contribution in [3.63, 3.8) is 0 Å². The fraction of sp³-hybridized carbons (Fsp3) is 0.435. The largest absolute Gasteiger partial charge is 0.360 e. The number of benzene rings is 1. The highest BCUT2D eigenvalue weighted by molar-refractivity contribution is 5.93. The molecule has 0 saturated carbocycles. The van der Waals surface area contributed by atoms with Gasteiger partial charge in [0.2, 0.25) is 11.8 Å². The van der Waals surface area contributed by atoms with E-state index in [1.54, 1.807) is 18.1 Å². The summed E-state index contributed by atoms with van der Waals surface area (Å²) in [5, 5.41) is 0. The molecule has 3 aliphatic heterocycles. The van der Waals surface area contributed by atoms with Crippen molar-refractivity contribution < 1.29 is 14.3 Å². The van der Waals surface area contributed by atoms with Crippen LogP contribution in [-0.2, 0) is 34.5 Å². The minimum absolute atomic E-state index is 0.00657. The van der Waals surface area contributed by atoms with Crippen molar-refractivity contribution in [2.45, 2.75) is 31.7 Å². The number of aryl methyl sites for hydroxylation is 2. The first-order valence-corrected chi connectivity index (χ1v) is 10.3. The van der Waals surface area contributed by atoms with E-state index >= 15 is 0 Å². The molecule has 1 aromatic carbocycles. The van der Waals surface area contributed by atoms with Crippen LogP contribution in [0, 0.1) is 18.8 Å². The number of rotatable bonds is 5. The standard InChI is InChI=1S/C23H26N4O3/c1-15-5-4-6-16(11-15)12-27-14-23-8-7-17(30-23)19(20(23)22(27)29)21(28)26(3)13-18-24-9-10-25(18)2/h4-11,17,19-20H,12-14H2,1-3H3/t17-,19?,20?,23-/m1/s1. The van der Waals surface area contributed by atoms with E-state index in [1.165, 1.54) is 5.56 Å².